The molecule has 1 N–H and O–H groups in total. The van der Waals surface area contributed by atoms with Gasteiger partial charge in [0, 0.05) is 6.20 Å². The summed E-state index contributed by atoms with van der Waals surface area (Å²) in [7, 11) is 0. The molecular formula is C15H23NO4. The normalized spacial score (nSPS) is 11.3. The maximum Gasteiger partial charge on any atom is 0.329 e. The van der Waals surface area contributed by atoms with Gasteiger partial charge in [0.15, 0.2) is 5.75 Å². The number of carbonyl (C=O) groups is 1. The number of ether oxygens (including phenoxy) is 1. The van der Waals surface area contributed by atoms with Crippen LogP contribution in [0.1, 0.15) is 46.5 Å². The minimum atomic E-state index is -1.29. The quantitative estimate of drug-likeness (QED) is 0.744. The molecule has 5 heteroatoms. The van der Waals surface area contributed by atoms with E-state index in [4.69, 9.17) is 4.74 Å². The molecule has 1 heterocycles. The molecule has 0 amide bonds. The van der Waals surface area contributed by atoms with Crippen LogP contribution in [0, 0.1) is 0 Å². The summed E-state index contributed by atoms with van der Waals surface area (Å²) in [6, 6.07) is 3.21. The highest BCUT2D eigenvalue weighted by Crippen LogP contribution is 2.15. The summed E-state index contributed by atoms with van der Waals surface area (Å²) in [5.74, 6) is -0.849. The van der Waals surface area contributed by atoms with E-state index in [9.17, 15) is 14.7 Å². The lowest BCUT2D eigenvalue weighted by Crippen LogP contribution is -2.42. The van der Waals surface area contributed by atoms with E-state index in [0.717, 1.165) is 25.7 Å². The summed E-state index contributed by atoms with van der Waals surface area (Å²) in [4.78, 5) is 23.4. The number of rotatable bonds is 8. The molecule has 0 aliphatic rings. The molecule has 0 bridgehead atoms. The first-order valence-electron chi connectivity index (χ1n) is 6.99. The largest absolute Gasteiger partial charge is 0.488 e. The van der Waals surface area contributed by atoms with Gasteiger partial charge >= 0.3 is 5.97 Å². The van der Waals surface area contributed by atoms with Crippen molar-refractivity contribution in [3.05, 3.63) is 28.7 Å². The maximum atomic E-state index is 12.2. The lowest BCUT2D eigenvalue weighted by atomic mass is 10.1. The second-order valence-electron chi connectivity index (χ2n) is 5.32. The van der Waals surface area contributed by atoms with E-state index < -0.39 is 17.1 Å². The Labute approximate surface area is 119 Å². The number of aromatic nitrogens is 1. The predicted molar refractivity (Wildman–Crippen MR) is 77.3 cm³/mol. The van der Waals surface area contributed by atoms with Crippen molar-refractivity contribution < 1.29 is 14.6 Å². The molecule has 0 unspecified atom stereocenters. The maximum absolute atomic E-state index is 12.2. The monoisotopic (exact) mass is 281 g/mol. The number of hydrogen-bond donors (Lipinski definition) is 1. The zero-order valence-electron chi connectivity index (χ0n) is 12.4. The number of pyridine rings is 1. The number of aliphatic carboxylic acids is 1. The van der Waals surface area contributed by atoms with Crippen LogP contribution in [0.2, 0.25) is 0 Å². The average Bonchev–Trinajstić information content (AvgIpc) is 2.39. The molecule has 112 valence electrons. The Kier molecular flexibility index (Phi) is 5.80. The number of nitrogens with zero attached hydrogens (tertiary/aromatic N) is 1. The number of carboxylic acids is 1. The smallest absolute Gasteiger partial charge is 0.329 e. The standard InChI is InChI=1S/C15H23NO4/c1-4-5-6-7-11-20-12-9-8-10-16(13(12)17)15(2,3)14(18)19/h8-10H,4-7,11H2,1-3H3,(H,18,19). The van der Waals surface area contributed by atoms with Crippen molar-refractivity contribution in [3.8, 4) is 5.75 Å². The summed E-state index contributed by atoms with van der Waals surface area (Å²) in [5.41, 5.74) is -1.70. The van der Waals surface area contributed by atoms with Gasteiger partial charge in [0.05, 0.1) is 6.61 Å². The van der Waals surface area contributed by atoms with Crippen LogP contribution >= 0.6 is 0 Å². The van der Waals surface area contributed by atoms with E-state index in [1.54, 1.807) is 12.1 Å². The topological polar surface area (TPSA) is 68.5 Å². The second-order valence-corrected chi connectivity index (χ2v) is 5.32. The fraction of sp³-hybridized carbons (Fsp3) is 0.600. The molecule has 0 fully saturated rings. The summed E-state index contributed by atoms with van der Waals surface area (Å²) in [6.07, 6.45) is 5.72. The number of hydrogen-bond acceptors (Lipinski definition) is 3. The van der Waals surface area contributed by atoms with Gasteiger partial charge in [-0.1, -0.05) is 26.2 Å². The van der Waals surface area contributed by atoms with Crippen LogP contribution in [0.3, 0.4) is 0 Å². The van der Waals surface area contributed by atoms with Gasteiger partial charge in [0.2, 0.25) is 0 Å². The first kappa shape index (κ1) is 16.3. The molecule has 0 aliphatic carbocycles. The van der Waals surface area contributed by atoms with Crippen LogP contribution in [0.5, 0.6) is 5.75 Å². The van der Waals surface area contributed by atoms with Gasteiger partial charge in [-0.2, -0.15) is 0 Å². The van der Waals surface area contributed by atoms with E-state index in [0.29, 0.717) is 6.61 Å². The van der Waals surface area contributed by atoms with Crippen LogP contribution in [-0.4, -0.2) is 22.2 Å². The Hall–Kier alpha value is -1.78. The van der Waals surface area contributed by atoms with E-state index in [2.05, 4.69) is 6.92 Å². The molecule has 20 heavy (non-hydrogen) atoms. The molecule has 0 atom stereocenters. The van der Waals surface area contributed by atoms with Crippen LogP contribution < -0.4 is 10.3 Å². The van der Waals surface area contributed by atoms with Crippen LogP contribution in [0.25, 0.3) is 0 Å². The minimum absolute atomic E-state index is 0.207. The molecule has 1 rings (SSSR count). The summed E-state index contributed by atoms with van der Waals surface area (Å²) >= 11 is 0. The third-order valence-corrected chi connectivity index (χ3v) is 3.29. The van der Waals surface area contributed by atoms with Gasteiger partial charge in [-0.25, -0.2) is 4.79 Å². The van der Waals surface area contributed by atoms with Gasteiger partial charge in [0.1, 0.15) is 5.54 Å². The van der Waals surface area contributed by atoms with Crippen molar-refractivity contribution in [2.24, 2.45) is 0 Å². The van der Waals surface area contributed by atoms with E-state index in [1.807, 2.05) is 0 Å². The zero-order valence-corrected chi connectivity index (χ0v) is 12.4. The summed E-state index contributed by atoms with van der Waals surface area (Å²) in [5, 5.41) is 9.18. The third kappa shape index (κ3) is 3.85. The lowest BCUT2D eigenvalue weighted by Gasteiger charge is -2.22. The number of unbranched alkanes of at least 4 members (excludes halogenated alkanes) is 3. The molecule has 0 aliphatic heterocycles. The Morgan fingerprint density at radius 3 is 2.65 bits per heavy atom. The van der Waals surface area contributed by atoms with Gasteiger partial charge in [-0.15, -0.1) is 0 Å². The molecule has 0 saturated carbocycles. The molecule has 0 radical (unpaired) electrons. The fourth-order valence-corrected chi connectivity index (χ4v) is 1.84. The zero-order chi connectivity index (χ0) is 15.2. The van der Waals surface area contributed by atoms with Crippen molar-refractivity contribution >= 4 is 5.97 Å². The van der Waals surface area contributed by atoms with E-state index in [1.165, 1.54) is 24.6 Å². The molecule has 0 aromatic carbocycles. The Bertz CT molecular complexity index is 505. The average molecular weight is 281 g/mol. The summed E-state index contributed by atoms with van der Waals surface area (Å²) in [6.45, 7) is 5.58. The van der Waals surface area contributed by atoms with Gasteiger partial charge in [0.25, 0.3) is 5.56 Å². The van der Waals surface area contributed by atoms with Gasteiger partial charge in [-0.3, -0.25) is 9.36 Å². The van der Waals surface area contributed by atoms with Crippen LogP contribution in [0.4, 0.5) is 0 Å². The van der Waals surface area contributed by atoms with Gasteiger partial charge < -0.3 is 9.84 Å². The molecule has 1 aromatic heterocycles. The van der Waals surface area contributed by atoms with Crippen molar-refractivity contribution in [1.82, 2.24) is 4.57 Å². The Morgan fingerprint density at radius 1 is 1.35 bits per heavy atom. The SMILES string of the molecule is CCCCCCOc1cccn(C(C)(C)C(=O)O)c1=O. The fourth-order valence-electron chi connectivity index (χ4n) is 1.84. The van der Waals surface area contributed by atoms with Crippen molar-refractivity contribution in [2.75, 3.05) is 6.61 Å². The van der Waals surface area contributed by atoms with Gasteiger partial charge in [-0.05, 0) is 32.4 Å². The Morgan fingerprint density at radius 2 is 2.05 bits per heavy atom. The third-order valence-electron chi connectivity index (χ3n) is 3.29. The molecular weight excluding hydrogens is 258 g/mol. The van der Waals surface area contributed by atoms with Crippen molar-refractivity contribution in [1.29, 1.82) is 0 Å². The highest BCUT2D eigenvalue weighted by Gasteiger charge is 2.30. The van der Waals surface area contributed by atoms with Crippen LogP contribution in [-0.2, 0) is 10.3 Å². The minimum Gasteiger partial charge on any atom is -0.488 e. The van der Waals surface area contributed by atoms with Crippen LogP contribution in [0.15, 0.2) is 23.1 Å². The Balaban J connectivity index is 2.81. The molecule has 0 saturated heterocycles. The predicted octanol–water partition coefficient (Wildman–Crippen LogP) is 2.63. The lowest BCUT2D eigenvalue weighted by molar-refractivity contribution is -0.145. The summed E-state index contributed by atoms with van der Waals surface area (Å²) < 4.78 is 6.66. The molecule has 0 spiro atoms. The van der Waals surface area contributed by atoms with Crippen molar-refractivity contribution in [2.45, 2.75) is 52.0 Å². The highest BCUT2D eigenvalue weighted by atomic mass is 16.5. The molecule has 5 nitrogen and oxygen atoms in total. The highest BCUT2D eigenvalue weighted by molar-refractivity contribution is 5.75. The first-order chi connectivity index (χ1) is 9.41. The molecule has 1 aromatic rings. The van der Waals surface area contributed by atoms with Crippen molar-refractivity contribution in [3.63, 3.8) is 0 Å². The number of carboxylic acid groups (broad SMARTS) is 1. The van der Waals surface area contributed by atoms with E-state index in [-0.39, 0.29) is 5.75 Å². The van der Waals surface area contributed by atoms with E-state index >= 15 is 0 Å². The second kappa shape index (κ2) is 7.12. The first-order valence-corrected chi connectivity index (χ1v) is 6.99.